The van der Waals surface area contributed by atoms with Gasteiger partial charge in [0.25, 0.3) is 0 Å². The maximum atomic E-state index is 12.0. The lowest BCUT2D eigenvalue weighted by Crippen LogP contribution is -2.29. The van der Waals surface area contributed by atoms with E-state index >= 15 is 0 Å². The molecule has 1 saturated carbocycles. The second-order valence-electron chi connectivity index (χ2n) is 5.92. The van der Waals surface area contributed by atoms with Crippen LogP contribution in [0, 0.1) is 5.92 Å². The molecule has 0 N–H and O–H groups in total. The molecule has 1 aromatic rings. The highest BCUT2D eigenvalue weighted by molar-refractivity contribution is 7.15. The molecule has 6 heteroatoms. The first-order valence-corrected chi connectivity index (χ1v) is 8.36. The number of amides is 2. The Morgan fingerprint density at radius 2 is 2.15 bits per heavy atom. The lowest BCUT2D eigenvalue weighted by Gasteiger charge is -2.26. The lowest BCUT2D eigenvalue weighted by molar-refractivity contribution is 0.229. The molecule has 20 heavy (non-hydrogen) atoms. The van der Waals surface area contributed by atoms with Crippen molar-refractivity contribution in [2.24, 2.45) is 5.92 Å². The maximum absolute atomic E-state index is 12.0. The fourth-order valence-corrected chi connectivity index (χ4v) is 4.22. The Morgan fingerprint density at radius 3 is 2.85 bits per heavy atom. The summed E-state index contributed by atoms with van der Waals surface area (Å²) in [6.45, 7) is 3.78. The third-order valence-corrected chi connectivity index (χ3v) is 5.70. The first kappa shape index (κ1) is 13.8. The number of aromatic nitrogens is 2. The molecular weight excluding hydrogens is 272 g/mol. The fraction of sp³-hybridized carbons (Fsp3) is 0.786. The number of rotatable bonds is 3. The van der Waals surface area contributed by atoms with Gasteiger partial charge in [-0.05, 0) is 18.8 Å². The van der Waals surface area contributed by atoms with E-state index in [1.165, 1.54) is 32.1 Å². The number of carbonyl (C=O) groups is 1. The zero-order chi connectivity index (χ0) is 14.1. The summed E-state index contributed by atoms with van der Waals surface area (Å²) in [4.78, 5) is 15.5. The third-order valence-electron chi connectivity index (χ3n) is 4.59. The molecule has 2 fully saturated rings. The third kappa shape index (κ3) is 2.53. The fourth-order valence-electron chi connectivity index (χ4n) is 3.21. The van der Waals surface area contributed by atoms with E-state index in [1.54, 1.807) is 21.1 Å². The predicted molar refractivity (Wildman–Crippen MR) is 80.3 cm³/mol. The molecule has 5 nitrogen and oxygen atoms in total. The highest BCUT2D eigenvalue weighted by atomic mass is 32.1. The van der Waals surface area contributed by atoms with Crippen molar-refractivity contribution in [1.82, 2.24) is 15.1 Å². The largest absolute Gasteiger partial charge is 0.326 e. The smallest absolute Gasteiger partial charge is 0.326 e. The summed E-state index contributed by atoms with van der Waals surface area (Å²) in [5, 5.41) is 10.5. The van der Waals surface area contributed by atoms with Crippen molar-refractivity contribution >= 4 is 22.5 Å². The van der Waals surface area contributed by atoms with Gasteiger partial charge in [0.2, 0.25) is 5.13 Å². The van der Waals surface area contributed by atoms with E-state index in [-0.39, 0.29) is 6.03 Å². The average molecular weight is 294 g/mol. The second kappa shape index (κ2) is 5.68. The summed E-state index contributed by atoms with van der Waals surface area (Å²) in [6, 6.07) is 0.0442. The van der Waals surface area contributed by atoms with Crippen LogP contribution in [0.2, 0.25) is 0 Å². The van der Waals surface area contributed by atoms with Gasteiger partial charge in [-0.2, -0.15) is 0 Å². The molecule has 0 aromatic carbocycles. The molecule has 2 amide bonds. The normalized spacial score (nSPS) is 27.4. The zero-order valence-corrected chi connectivity index (χ0v) is 13.0. The second-order valence-corrected chi connectivity index (χ2v) is 6.90. The van der Waals surface area contributed by atoms with Gasteiger partial charge in [-0.15, -0.1) is 10.2 Å². The summed E-state index contributed by atoms with van der Waals surface area (Å²) < 4.78 is 0. The summed E-state index contributed by atoms with van der Waals surface area (Å²) >= 11 is 1.61. The lowest BCUT2D eigenvalue weighted by atomic mass is 9.80. The average Bonchev–Trinajstić information content (AvgIpc) is 3.07. The minimum atomic E-state index is 0.0442. The van der Waals surface area contributed by atoms with Crippen molar-refractivity contribution in [3.05, 3.63) is 5.01 Å². The van der Waals surface area contributed by atoms with Gasteiger partial charge >= 0.3 is 6.03 Å². The van der Waals surface area contributed by atoms with Gasteiger partial charge < -0.3 is 4.90 Å². The molecule has 1 saturated heterocycles. The van der Waals surface area contributed by atoms with Crippen LogP contribution >= 0.6 is 11.3 Å². The Morgan fingerprint density at radius 1 is 1.30 bits per heavy atom. The molecular formula is C14H22N4OS. The van der Waals surface area contributed by atoms with E-state index in [2.05, 4.69) is 17.1 Å². The molecule has 2 unspecified atom stereocenters. The molecule has 0 bridgehead atoms. The van der Waals surface area contributed by atoms with Crippen molar-refractivity contribution in [2.45, 2.75) is 44.9 Å². The van der Waals surface area contributed by atoms with Crippen LogP contribution in [0.15, 0.2) is 0 Å². The topological polar surface area (TPSA) is 49.3 Å². The molecule has 0 spiro atoms. The van der Waals surface area contributed by atoms with E-state index in [4.69, 9.17) is 0 Å². The van der Waals surface area contributed by atoms with Crippen LogP contribution in [0.3, 0.4) is 0 Å². The Kier molecular flexibility index (Phi) is 3.92. The number of likely N-dealkylation sites (N-methyl/N-ethyl adjacent to an activating group) is 1. The summed E-state index contributed by atoms with van der Waals surface area (Å²) in [5.74, 6) is 1.39. The van der Waals surface area contributed by atoms with Gasteiger partial charge in [0.15, 0.2) is 0 Å². The maximum Gasteiger partial charge on any atom is 0.326 e. The summed E-state index contributed by atoms with van der Waals surface area (Å²) in [7, 11) is 1.83. The van der Waals surface area contributed by atoms with Gasteiger partial charge in [0, 0.05) is 26.1 Å². The highest BCUT2D eigenvalue weighted by Crippen LogP contribution is 2.39. The molecule has 1 aliphatic carbocycles. The van der Waals surface area contributed by atoms with Crippen molar-refractivity contribution in [3.8, 4) is 0 Å². The number of hydrogen-bond donors (Lipinski definition) is 0. The van der Waals surface area contributed by atoms with Gasteiger partial charge in [-0.3, -0.25) is 4.90 Å². The highest BCUT2D eigenvalue weighted by Gasteiger charge is 2.31. The Bertz CT molecular complexity index is 489. The summed E-state index contributed by atoms with van der Waals surface area (Å²) in [6.07, 6.45) is 6.37. The Hall–Kier alpha value is -1.17. The monoisotopic (exact) mass is 294 g/mol. The van der Waals surface area contributed by atoms with Crippen LogP contribution in [0.5, 0.6) is 0 Å². The van der Waals surface area contributed by atoms with E-state index in [1.807, 2.05) is 7.05 Å². The van der Waals surface area contributed by atoms with Gasteiger partial charge in [0.1, 0.15) is 5.01 Å². The number of urea groups is 1. The number of anilines is 1. The molecule has 2 heterocycles. The summed E-state index contributed by atoms with van der Waals surface area (Å²) in [5.41, 5.74) is 0. The van der Waals surface area contributed by atoms with E-state index < -0.39 is 0 Å². The van der Waals surface area contributed by atoms with Crippen LogP contribution in [-0.2, 0) is 0 Å². The first-order valence-electron chi connectivity index (χ1n) is 7.55. The van der Waals surface area contributed by atoms with Crippen molar-refractivity contribution < 1.29 is 4.79 Å². The van der Waals surface area contributed by atoms with Crippen molar-refractivity contribution in [1.29, 1.82) is 0 Å². The van der Waals surface area contributed by atoms with Crippen LogP contribution in [-0.4, -0.2) is 41.3 Å². The van der Waals surface area contributed by atoms with Crippen molar-refractivity contribution in [2.75, 3.05) is 25.0 Å². The Balaban J connectivity index is 1.72. The van der Waals surface area contributed by atoms with Gasteiger partial charge in [0.05, 0.1) is 0 Å². The Labute approximate surface area is 124 Å². The minimum absolute atomic E-state index is 0.0442. The predicted octanol–water partition coefficient (Wildman–Crippen LogP) is 3.09. The molecule has 0 radical (unpaired) electrons. The first-order chi connectivity index (χ1) is 9.69. The number of nitrogens with zero attached hydrogens (tertiary/aromatic N) is 4. The standard InChI is InChI=1S/C14H22N4OS/c1-3-10-5-4-6-11(9-10)12-15-16-13(20-12)18-8-7-17(2)14(18)19/h10-11H,3-9H2,1-2H3. The molecule has 1 aromatic heterocycles. The SMILES string of the molecule is CCC1CCCC(c2nnc(N3CCN(C)C3=O)s2)C1. The van der Waals surface area contributed by atoms with Crippen LogP contribution < -0.4 is 4.90 Å². The van der Waals surface area contributed by atoms with Gasteiger partial charge in [-0.1, -0.05) is 37.5 Å². The minimum Gasteiger partial charge on any atom is -0.326 e. The zero-order valence-electron chi connectivity index (χ0n) is 12.2. The number of carbonyl (C=O) groups excluding carboxylic acids is 1. The van der Waals surface area contributed by atoms with Crippen LogP contribution in [0.1, 0.15) is 50.0 Å². The molecule has 110 valence electrons. The molecule has 2 atom stereocenters. The molecule has 1 aliphatic heterocycles. The van der Waals surface area contributed by atoms with E-state index in [0.717, 1.165) is 29.1 Å². The van der Waals surface area contributed by atoms with Crippen LogP contribution in [0.4, 0.5) is 9.93 Å². The van der Waals surface area contributed by atoms with Gasteiger partial charge in [-0.25, -0.2) is 4.79 Å². The van der Waals surface area contributed by atoms with E-state index in [9.17, 15) is 4.79 Å². The van der Waals surface area contributed by atoms with E-state index in [0.29, 0.717) is 5.92 Å². The molecule has 2 aliphatic rings. The quantitative estimate of drug-likeness (QED) is 0.860. The molecule has 3 rings (SSSR count). The van der Waals surface area contributed by atoms with Crippen molar-refractivity contribution in [3.63, 3.8) is 0 Å². The number of hydrogen-bond acceptors (Lipinski definition) is 4. The van der Waals surface area contributed by atoms with Crippen LogP contribution in [0.25, 0.3) is 0 Å².